The number of carbonyl (C=O) groups is 2. The minimum Gasteiger partial charge on any atom is -0.446 e. The Balaban J connectivity index is 1.47. The van der Waals surface area contributed by atoms with Crippen molar-refractivity contribution in [2.45, 2.75) is 75.3 Å². The molecule has 4 rings (SSSR count). The number of benzene rings is 2. The number of nitrogens with one attached hydrogen (secondary N) is 2. The zero-order valence-electron chi connectivity index (χ0n) is 24.3. The van der Waals surface area contributed by atoms with Crippen molar-refractivity contribution in [1.82, 2.24) is 14.9 Å². The summed E-state index contributed by atoms with van der Waals surface area (Å²) >= 11 is 0. The first-order chi connectivity index (χ1) is 19.9. The van der Waals surface area contributed by atoms with Crippen molar-refractivity contribution >= 4 is 27.7 Å². The predicted molar refractivity (Wildman–Crippen MR) is 158 cm³/mol. The Bertz CT molecular complexity index is 1310. The van der Waals surface area contributed by atoms with Crippen molar-refractivity contribution < 1.29 is 32.6 Å². The Morgan fingerprint density at radius 2 is 1.79 bits per heavy atom. The third-order valence-electron chi connectivity index (χ3n) is 7.72. The minimum atomic E-state index is -3.95. The van der Waals surface area contributed by atoms with Crippen LogP contribution in [-0.2, 0) is 30.7 Å². The van der Waals surface area contributed by atoms with Crippen LogP contribution in [0.4, 0.5) is 10.5 Å². The number of nitrogens with two attached hydrogens (primary N) is 1. The number of hydrogen-bond donors (Lipinski definition) is 4. The molecule has 1 aliphatic heterocycles. The molecule has 1 saturated carbocycles. The van der Waals surface area contributed by atoms with Gasteiger partial charge in [0.05, 0.1) is 35.8 Å². The van der Waals surface area contributed by atoms with Gasteiger partial charge in [-0.25, -0.2) is 13.2 Å². The van der Waals surface area contributed by atoms with Crippen LogP contribution in [0.1, 0.15) is 39.2 Å². The average molecular weight is 603 g/mol. The number of aliphatic hydroxyl groups is 1. The molecule has 2 aromatic rings. The Labute approximate surface area is 247 Å². The lowest BCUT2D eigenvalue weighted by molar-refractivity contribution is -0.119. The van der Waals surface area contributed by atoms with Gasteiger partial charge in [-0.1, -0.05) is 44.2 Å². The predicted octanol–water partition coefficient (Wildman–Crippen LogP) is 2.30. The molecule has 2 aromatic carbocycles. The summed E-state index contributed by atoms with van der Waals surface area (Å²) in [7, 11) is -3.95. The number of rotatable bonds is 12. The smallest absolute Gasteiger partial charge is 0.407 e. The average Bonchev–Trinajstić information content (AvgIpc) is 3.49. The van der Waals surface area contributed by atoms with Gasteiger partial charge in [-0.15, -0.1) is 0 Å². The second-order valence-corrected chi connectivity index (χ2v) is 13.6. The number of carbonyl (C=O) groups excluding carboxylic acids is 2. The van der Waals surface area contributed by atoms with Crippen LogP contribution >= 0.6 is 0 Å². The quantitative estimate of drug-likeness (QED) is 0.269. The monoisotopic (exact) mass is 602 g/mol. The maximum Gasteiger partial charge on any atom is 0.407 e. The molecule has 1 unspecified atom stereocenters. The second-order valence-electron chi connectivity index (χ2n) is 11.6. The first kappa shape index (κ1) is 31.7. The standard InChI is InChI=1S/C30H42N4O7S/c1-19(2)16-34(42(38,39)24-11-9-22(31)10-12-24)17-28(36)26(13-21-7-5-4-6-8-21)33-30(37)41-23-14-25-27(32-20(3)35)18-40-29(25)15-23/h4-12,19,23,25-29,36H,13-18,31H2,1-3H3,(H,32,35)(H,33,37)/t23-,25-,26+,27-,28?,29-/m1/s1. The van der Waals surface area contributed by atoms with Crippen molar-refractivity contribution in [3.05, 3.63) is 60.2 Å². The number of amides is 2. The van der Waals surface area contributed by atoms with E-state index in [1.54, 1.807) is 0 Å². The maximum absolute atomic E-state index is 13.6. The van der Waals surface area contributed by atoms with Crippen LogP contribution in [0.2, 0.25) is 0 Å². The molecule has 0 bridgehead atoms. The summed E-state index contributed by atoms with van der Waals surface area (Å²) in [6.45, 7) is 5.63. The number of hydrogen-bond acceptors (Lipinski definition) is 8. The number of ether oxygens (including phenoxy) is 2. The van der Waals surface area contributed by atoms with E-state index in [2.05, 4.69) is 10.6 Å². The maximum atomic E-state index is 13.6. The molecule has 2 aliphatic rings. The Hall–Kier alpha value is -3.19. The molecule has 230 valence electrons. The third kappa shape index (κ3) is 8.21. The van der Waals surface area contributed by atoms with Gasteiger partial charge in [0.2, 0.25) is 15.9 Å². The molecule has 12 heteroatoms. The summed E-state index contributed by atoms with van der Waals surface area (Å²) < 4.78 is 39.9. The van der Waals surface area contributed by atoms with Gasteiger partial charge < -0.3 is 30.9 Å². The van der Waals surface area contributed by atoms with Crippen molar-refractivity contribution in [3.63, 3.8) is 0 Å². The Morgan fingerprint density at radius 3 is 2.43 bits per heavy atom. The molecule has 2 amide bonds. The lowest BCUT2D eigenvalue weighted by atomic mass is 9.99. The van der Waals surface area contributed by atoms with Crippen LogP contribution in [0.25, 0.3) is 0 Å². The highest BCUT2D eigenvalue weighted by atomic mass is 32.2. The van der Waals surface area contributed by atoms with E-state index in [0.717, 1.165) is 5.56 Å². The molecule has 1 aliphatic carbocycles. The molecular formula is C30H42N4O7S. The SMILES string of the molecule is CC(=O)N[C@@H]1CO[C@@H]2C[C@H](OC(=O)N[C@@H](Cc3ccccc3)C(O)CN(CC(C)C)S(=O)(=O)c3ccc(N)cc3)C[C@H]12. The fraction of sp³-hybridized carbons (Fsp3) is 0.533. The first-order valence-corrected chi connectivity index (χ1v) is 15.8. The Kier molecular flexibility index (Phi) is 10.5. The summed E-state index contributed by atoms with van der Waals surface area (Å²) in [5, 5.41) is 17.1. The number of anilines is 1. The summed E-state index contributed by atoms with van der Waals surface area (Å²) in [6, 6.07) is 14.3. The van der Waals surface area contributed by atoms with Crippen LogP contribution in [0.3, 0.4) is 0 Å². The number of alkyl carbamates (subject to hydrolysis) is 1. The van der Waals surface area contributed by atoms with Crippen molar-refractivity contribution in [3.8, 4) is 0 Å². The van der Waals surface area contributed by atoms with Crippen LogP contribution in [0.5, 0.6) is 0 Å². The molecule has 11 nitrogen and oxygen atoms in total. The normalized spacial score (nSPS) is 23.4. The van der Waals surface area contributed by atoms with E-state index in [0.29, 0.717) is 25.1 Å². The third-order valence-corrected chi connectivity index (χ3v) is 9.57. The highest BCUT2D eigenvalue weighted by Gasteiger charge is 2.46. The summed E-state index contributed by atoms with van der Waals surface area (Å²) in [6.07, 6.45) is -1.12. The van der Waals surface area contributed by atoms with E-state index in [1.165, 1.54) is 35.5 Å². The second kappa shape index (κ2) is 13.9. The van der Waals surface area contributed by atoms with Gasteiger partial charge in [0.1, 0.15) is 6.10 Å². The fourth-order valence-electron chi connectivity index (χ4n) is 5.75. The summed E-state index contributed by atoms with van der Waals surface area (Å²) in [4.78, 5) is 24.7. The van der Waals surface area contributed by atoms with E-state index in [-0.39, 0.29) is 54.3 Å². The molecule has 5 N–H and O–H groups in total. The van der Waals surface area contributed by atoms with Crippen molar-refractivity contribution in [1.29, 1.82) is 0 Å². The van der Waals surface area contributed by atoms with E-state index < -0.39 is 34.4 Å². The molecule has 42 heavy (non-hydrogen) atoms. The Morgan fingerprint density at radius 1 is 1.10 bits per heavy atom. The van der Waals surface area contributed by atoms with Gasteiger partial charge in [-0.3, -0.25) is 4.79 Å². The van der Waals surface area contributed by atoms with E-state index in [4.69, 9.17) is 15.2 Å². The van der Waals surface area contributed by atoms with Crippen LogP contribution in [-0.4, -0.2) is 79.9 Å². The van der Waals surface area contributed by atoms with Crippen molar-refractivity contribution in [2.75, 3.05) is 25.4 Å². The van der Waals surface area contributed by atoms with E-state index in [9.17, 15) is 23.1 Å². The molecule has 0 radical (unpaired) electrons. The zero-order valence-corrected chi connectivity index (χ0v) is 25.1. The minimum absolute atomic E-state index is 0.0170. The molecule has 6 atom stereocenters. The first-order valence-electron chi connectivity index (χ1n) is 14.4. The number of nitrogen functional groups attached to an aromatic ring is 1. The van der Waals surface area contributed by atoms with Gasteiger partial charge in [-0.2, -0.15) is 4.31 Å². The topological polar surface area (TPSA) is 160 Å². The highest BCUT2D eigenvalue weighted by molar-refractivity contribution is 7.89. The molecule has 0 aromatic heterocycles. The van der Waals surface area contributed by atoms with E-state index >= 15 is 0 Å². The van der Waals surface area contributed by atoms with Crippen LogP contribution < -0.4 is 16.4 Å². The van der Waals surface area contributed by atoms with Gasteiger partial charge in [0.25, 0.3) is 0 Å². The lowest BCUT2D eigenvalue weighted by Crippen LogP contribution is -2.51. The largest absolute Gasteiger partial charge is 0.446 e. The number of sulfonamides is 1. The molecule has 1 saturated heterocycles. The van der Waals surface area contributed by atoms with Gasteiger partial charge in [-0.05, 0) is 48.6 Å². The highest BCUT2D eigenvalue weighted by Crippen LogP contribution is 2.37. The van der Waals surface area contributed by atoms with Gasteiger partial charge >= 0.3 is 6.09 Å². The molecular weight excluding hydrogens is 560 g/mol. The van der Waals surface area contributed by atoms with Crippen molar-refractivity contribution in [2.24, 2.45) is 11.8 Å². The fourth-order valence-corrected chi connectivity index (χ4v) is 7.37. The van der Waals surface area contributed by atoms with Gasteiger partial charge in [0.15, 0.2) is 0 Å². The molecule has 2 fully saturated rings. The number of fused-ring (bicyclic) bond motifs is 1. The molecule has 0 spiro atoms. The van der Waals surface area contributed by atoms with Crippen LogP contribution in [0.15, 0.2) is 59.5 Å². The summed E-state index contributed by atoms with van der Waals surface area (Å²) in [5.41, 5.74) is 7.06. The number of aliphatic hydroxyl groups excluding tert-OH is 1. The number of nitrogens with zero attached hydrogens (tertiary/aromatic N) is 1. The van der Waals surface area contributed by atoms with E-state index in [1.807, 2.05) is 44.2 Å². The molecule has 1 heterocycles. The lowest BCUT2D eigenvalue weighted by Gasteiger charge is -2.31. The summed E-state index contributed by atoms with van der Waals surface area (Å²) in [5.74, 6) is -0.0915. The van der Waals surface area contributed by atoms with Crippen LogP contribution in [0, 0.1) is 11.8 Å². The van der Waals surface area contributed by atoms with Gasteiger partial charge in [0, 0.05) is 38.0 Å². The zero-order chi connectivity index (χ0) is 30.4.